The van der Waals surface area contributed by atoms with Crippen LogP contribution < -0.4 is 5.73 Å². The molecule has 1 saturated heterocycles. The summed E-state index contributed by atoms with van der Waals surface area (Å²) in [4.78, 5) is 24.8. The van der Waals surface area contributed by atoms with E-state index in [-0.39, 0.29) is 30.0 Å². The highest BCUT2D eigenvalue weighted by Crippen LogP contribution is 2.28. The molecule has 2 atom stereocenters. The Bertz CT molecular complexity index is 560. The molecule has 1 aliphatic rings. The molecular formula is C13H22ClN5O3. The van der Waals surface area contributed by atoms with Crippen LogP contribution in [0.15, 0.2) is 12.4 Å². The smallest absolute Gasteiger partial charge is 0.307 e. The summed E-state index contributed by atoms with van der Waals surface area (Å²) < 4.78 is 1.36. The number of hydrogen-bond donors (Lipinski definition) is 1. The molecular weight excluding hydrogens is 310 g/mol. The van der Waals surface area contributed by atoms with Crippen LogP contribution in [0, 0.1) is 16.0 Å². The topological polar surface area (TPSA) is 107 Å². The third-order valence-electron chi connectivity index (χ3n) is 4.13. The number of rotatable bonds is 4. The van der Waals surface area contributed by atoms with Gasteiger partial charge in [-0.05, 0) is 39.7 Å². The van der Waals surface area contributed by atoms with Gasteiger partial charge in [0.2, 0.25) is 5.91 Å². The molecule has 0 spiro atoms. The molecule has 2 unspecified atom stereocenters. The van der Waals surface area contributed by atoms with Crippen LogP contribution in [-0.2, 0) is 10.3 Å². The van der Waals surface area contributed by atoms with E-state index < -0.39 is 10.5 Å². The number of amides is 1. The summed E-state index contributed by atoms with van der Waals surface area (Å²) in [6.07, 6.45) is 3.34. The van der Waals surface area contributed by atoms with Crippen LogP contribution in [0.5, 0.6) is 0 Å². The minimum atomic E-state index is -0.966. The molecule has 1 amide bonds. The fourth-order valence-corrected chi connectivity index (χ4v) is 2.76. The van der Waals surface area contributed by atoms with Crippen molar-refractivity contribution in [2.24, 2.45) is 11.7 Å². The number of hydrogen-bond acceptors (Lipinski definition) is 5. The first-order valence-electron chi connectivity index (χ1n) is 6.98. The molecule has 1 aromatic heterocycles. The summed E-state index contributed by atoms with van der Waals surface area (Å²) >= 11 is 0. The fraction of sp³-hybridized carbons (Fsp3) is 0.692. The number of nitrogens with two attached hydrogens (primary N) is 1. The summed E-state index contributed by atoms with van der Waals surface area (Å²) in [5, 5.41) is 14.7. The molecule has 2 rings (SSSR count). The van der Waals surface area contributed by atoms with Gasteiger partial charge in [0, 0.05) is 12.6 Å². The molecule has 1 aliphatic heterocycles. The Labute approximate surface area is 135 Å². The molecule has 2 heterocycles. The van der Waals surface area contributed by atoms with E-state index in [0.717, 1.165) is 12.6 Å². The number of aromatic nitrogens is 2. The van der Waals surface area contributed by atoms with E-state index in [2.05, 4.69) is 5.10 Å². The van der Waals surface area contributed by atoms with Crippen LogP contribution in [0.1, 0.15) is 27.2 Å². The average Bonchev–Trinajstić information content (AvgIpc) is 3.04. The maximum Gasteiger partial charge on any atom is 0.307 e. The van der Waals surface area contributed by atoms with Crippen molar-refractivity contribution < 1.29 is 9.72 Å². The largest absolute Gasteiger partial charge is 0.338 e. The third kappa shape index (κ3) is 3.22. The SMILES string of the molecule is CC1CC(CN)CN1C(=O)C(C)(C)n1cc([N+](=O)[O-])cn1.Cl. The second kappa shape index (κ2) is 6.62. The summed E-state index contributed by atoms with van der Waals surface area (Å²) in [5.41, 5.74) is 4.60. The molecule has 0 aromatic carbocycles. The van der Waals surface area contributed by atoms with Crippen molar-refractivity contribution >= 4 is 24.0 Å². The van der Waals surface area contributed by atoms with Crippen molar-refractivity contribution in [2.45, 2.75) is 38.8 Å². The first-order chi connectivity index (χ1) is 9.77. The summed E-state index contributed by atoms with van der Waals surface area (Å²) in [5.74, 6) is 0.218. The third-order valence-corrected chi connectivity index (χ3v) is 4.13. The molecule has 1 fully saturated rings. The maximum absolute atomic E-state index is 12.8. The van der Waals surface area contributed by atoms with E-state index >= 15 is 0 Å². The van der Waals surface area contributed by atoms with Crippen molar-refractivity contribution in [1.29, 1.82) is 0 Å². The molecule has 0 radical (unpaired) electrons. The van der Waals surface area contributed by atoms with Crippen molar-refractivity contribution in [3.05, 3.63) is 22.5 Å². The van der Waals surface area contributed by atoms with E-state index in [0.29, 0.717) is 19.0 Å². The minimum absolute atomic E-state index is 0. The first kappa shape index (κ1) is 18.4. The van der Waals surface area contributed by atoms with Gasteiger partial charge in [-0.25, -0.2) is 0 Å². The number of carbonyl (C=O) groups excluding carboxylic acids is 1. The molecule has 0 bridgehead atoms. The second-order valence-corrected chi connectivity index (χ2v) is 6.10. The molecule has 8 nitrogen and oxygen atoms in total. The lowest BCUT2D eigenvalue weighted by Crippen LogP contribution is -2.48. The van der Waals surface area contributed by atoms with Gasteiger partial charge in [0.25, 0.3) is 0 Å². The van der Waals surface area contributed by atoms with Gasteiger partial charge < -0.3 is 10.6 Å². The van der Waals surface area contributed by atoms with Gasteiger partial charge in [-0.1, -0.05) is 0 Å². The fourth-order valence-electron chi connectivity index (χ4n) is 2.76. The zero-order valence-electron chi connectivity index (χ0n) is 12.9. The highest BCUT2D eigenvalue weighted by Gasteiger charge is 2.41. The highest BCUT2D eigenvalue weighted by atomic mass is 35.5. The second-order valence-electron chi connectivity index (χ2n) is 6.10. The van der Waals surface area contributed by atoms with Gasteiger partial charge in [-0.3, -0.25) is 19.6 Å². The average molecular weight is 332 g/mol. The summed E-state index contributed by atoms with van der Waals surface area (Å²) in [6.45, 7) is 6.61. The van der Waals surface area contributed by atoms with Crippen LogP contribution in [-0.4, -0.2) is 44.6 Å². The molecule has 9 heteroatoms. The number of halogens is 1. The standard InChI is InChI=1S/C13H21N5O3.ClH/c1-9-4-10(5-14)7-16(9)12(19)13(2,3)17-8-11(6-15-17)18(20)21;/h6,8-10H,4-5,7,14H2,1-3H3;1H. The van der Waals surface area contributed by atoms with E-state index in [4.69, 9.17) is 5.73 Å². The van der Waals surface area contributed by atoms with Crippen molar-refractivity contribution in [2.75, 3.05) is 13.1 Å². The van der Waals surface area contributed by atoms with E-state index in [1.807, 2.05) is 6.92 Å². The van der Waals surface area contributed by atoms with Gasteiger partial charge >= 0.3 is 5.69 Å². The van der Waals surface area contributed by atoms with Crippen molar-refractivity contribution in [1.82, 2.24) is 14.7 Å². The lowest BCUT2D eigenvalue weighted by Gasteiger charge is -2.32. The van der Waals surface area contributed by atoms with Gasteiger partial charge in [0.1, 0.15) is 17.9 Å². The number of likely N-dealkylation sites (tertiary alicyclic amines) is 1. The lowest BCUT2D eigenvalue weighted by molar-refractivity contribution is -0.385. The lowest BCUT2D eigenvalue weighted by atomic mass is 10.0. The van der Waals surface area contributed by atoms with Crippen LogP contribution in [0.3, 0.4) is 0 Å². The Balaban J connectivity index is 0.00000242. The zero-order valence-corrected chi connectivity index (χ0v) is 13.7. The molecule has 1 aromatic rings. The Hall–Kier alpha value is -1.67. The predicted octanol–water partition coefficient (Wildman–Crippen LogP) is 1.14. The van der Waals surface area contributed by atoms with E-state index in [1.165, 1.54) is 10.9 Å². The Morgan fingerprint density at radius 3 is 2.68 bits per heavy atom. The first-order valence-corrected chi connectivity index (χ1v) is 6.98. The Morgan fingerprint density at radius 1 is 1.59 bits per heavy atom. The number of nitrogens with zero attached hydrogens (tertiary/aromatic N) is 4. The van der Waals surface area contributed by atoms with Gasteiger partial charge in [0.05, 0.1) is 4.92 Å². The summed E-state index contributed by atoms with van der Waals surface area (Å²) in [6, 6.07) is 0.121. The monoisotopic (exact) mass is 331 g/mol. The maximum atomic E-state index is 12.8. The Morgan fingerprint density at radius 2 is 2.23 bits per heavy atom. The molecule has 0 aliphatic carbocycles. The van der Waals surface area contributed by atoms with Gasteiger partial charge in [0.15, 0.2) is 0 Å². The predicted molar refractivity (Wildman–Crippen MR) is 83.8 cm³/mol. The normalized spacial score (nSPS) is 21.5. The molecule has 2 N–H and O–H groups in total. The van der Waals surface area contributed by atoms with Crippen LogP contribution in [0.2, 0.25) is 0 Å². The van der Waals surface area contributed by atoms with Crippen molar-refractivity contribution in [3.63, 3.8) is 0 Å². The Kier molecular flexibility index (Phi) is 5.53. The van der Waals surface area contributed by atoms with E-state index in [1.54, 1.807) is 18.7 Å². The molecule has 0 saturated carbocycles. The van der Waals surface area contributed by atoms with E-state index in [9.17, 15) is 14.9 Å². The van der Waals surface area contributed by atoms with Gasteiger partial charge in [-0.2, -0.15) is 5.10 Å². The van der Waals surface area contributed by atoms with Crippen molar-refractivity contribution in [3.8, 4) is 0 Å². The molecule has 22 heavy (non-hydrogen) atoms. The van der Waals surface area contributed by atoms with Crippen LogP contribution in [0.25, 0.3) is 0 Å². The van der Waals surface area contributed by atoms with Crippen LogP contribution in [0.4, 0.5) is 5.69 Å². The van der Waals surface area contributed by atoms with Crippen LogP contribution >= 0.6 is 12.4 Å². The quantitative estimate of drug-likeness (QED) is 0.657. The highest BCUT2D eigenvalue weighted by molar-refractivity contribution is 5.85. The minimum Gasteiger partial charge on any atom is -0.338 e. The van der Waals surface area contributed by atoms with Gasteiger partial charge in [-0.15, -0.1) is 12.4 Å². The molecule has 124 valence electrons. The number of nitro groups is 1. The number of carbonyl (C=O) groups is 1. The summed E-state index contributed by atoms with van der Waals surface area (Å²) in [7, 11) is 0. The zero-order chi connectivity index (χ0) is 15.8.